The predicted octanol–water partition coefficient (Wildman–Crippen LogP) is 13.3. The summed E-state index contributed by atoms with van der Waals surface area (Å²) in [5.41, 5.74) is 12.3. The lowest BCUT2D eigenvalue weighted by atomic mass is 9.88. The molecule has 0 atom stereocenters. The number of aromatic nitrogens is 3. The van der Waals surface area contributed by atoms with Gasteiger partial charge in [-0.25, -0.2) is 15.0 Å². The highest BCUT2D eigenvalue weighted by atomic mass is 14.9. The summed E-state index contributed by atoms with van der Waals surface area (Å²) in [5, 5.41) is 5.86. The molecule has 10 rings (SSSR count). The van der Waals surface area contributed by atoms with Gasteiger partial charge in [-0.05, 0) is 69.4 Å². The quantitative estimate of drug-likeness (QED) is 0.163. The maximum atomic E-state index is 5.30. The van der Waals surface area contributed by atoms with Crippen molar-refractivity contribution in [3.05, 3.63) is 200 Å². The average molecular weight is 688 g/mol. The number of benzene rings is 8. The average Bonchev–Trinajstić information content (AvgIpc) is 3.26. The molecule has 252 valence electrons. The molecule has 0 radical (unpaired) electrons. The van der Waals surface area contributed by atoms with Gasteiger partial charge >= 0.3 is 0 Å². The molecule has 0 bridgehead atoms. The van der Waals surface area contributed by atoms with Crippen molar-refractivity contribution in [2.75, 3.05) is 0 Å². The number of pyridine rings is 1. The van der Waals surface area contributed by atoms with Gasteiger partial charge in [-0.15, -0.1) is 0 Å². The second-order valence-electron chi connectivity index (χ2n) is 13.6. The maximum absolute atomic E-state index is 5.30. The Hall–Kier alpha value is -7.23. The number of hydrogen-bond donors (Lipinski definition) is 0. The van der Waals surface area contributed by atoms with Crippen LogP contribution in [0.4, 0.5) is 0 Å². The van der Waals surface area contributed by atoms with E-state index in [-0.39, 0.29) is 0 Å². The van der Waals surface area contributed by atoms with Gasteiger partial charge in [0.05, 0.1) is 22.6 Å². The molecule has 0 saturated heterocycles. The van der Waals surface area contributed by atoms with E-state index in [0.717, 1.165) is 77.9 Å². The van der Waals surface area contributed by atoms with Crippen molar-refractivity contribution >= 4 is 32.4 Å². The van der Waals surface area contributed by atoms with E-state index in [1.54, 1.807) is 0 Å². The van der Waals surface area contributed by atoms with Gasteiger partial charge in [0.15, 0.2) is 5.82 Å². The first-order valence-electron chi connectivity index (χ1n) is 18.3. The molecule has 3 heteroatoms. The number of para-hydroxylation sites is 1. The van der Waals surface area contributed by atoms with Crippen LogP contribution < -0.4 is 0 Å². The zero-order valence-corrected chi connectivity index (χ0v) is 29.4. The predicted molar refractivity (Wildman–Crippen MR) is 225 cm³/mol. The molecule has 0 fully saturated rings. The summed E-state index contributed by atoms with van der Waals surface area (Å²) in [6, 6.07) is 70.4. The van der Waals surface area contributed by atoms with Crippen LogP contribution in [-0.4, -0.2) is 15.0 Å². The lowest BCUT2D eigenvalue weighted by molar-refractivity contribution is 1.18. The Morgan fingerprint density at radius 3 is 1.39 bits per heavy atom. The molecule has 0 N–H and O–H groups in total. The Balaban J connectivity index is 1.28. The van der Waals surface area contributed by atoms with E-state index in [1.165, 1.54) is 16.2 Å². The van der Waals surface area contributed by atoms with Crippen molar-refractivity contribution in [2.45, 2.75) is 0 Å². The number of fused-ring (bicyclic) bond motifs is 5. The zero-order chi connectivity index (χ0) is 35.8. The van der Waals surface area contributed by atoms with E-state index >= 15 is 0 Å². The monoisotopic (exact) mass is 687 g/mol. The molecule has 0 spiro atoms. The smallest absolute Gasteiger partial charge is 0.160 e. The van der Waals surface area contributed by atoms with Crippen LogP contribution in [-0.2, 0) is 0 Å². The van der Waals surface area contributed by atoms with E-state index in [4.69, 9.17) is 15.0 Å². The van der Waals surface area contributed by atoms with Crippen molar-refractivity contribution in [1.29, 1.82) is 0 Å². The van der Waals surface area contributed by atoms with Crippen molar-refractivity contribution in [3.63, 3.8) is 0 Å². The standard InChI is InChI=1S/C51H33N3/c1-5-17-34(18-6-1)38-29-39(31-40(30-38)51-53-47(35-19-7-2-8-20-35)33-48(54-51)36-21-9-3-10-22-36)44-32-45-49(42-26-14-13-25-41(42)44)43-27-15-16-28-46(43)52-50(45)37-23-11-4-12-24-37/h1-33H. The summed E-state index contributed by atoms with van der Waals surface area (Å²) in [6.07, 6.45) is 0. The van der Waals surface area contributed by atoms with Gasteiger partial charge in [-0.1, -0.05) is 164 Å². The number of nitrogens with zero attached hydrogens (tertiary/aromatic N) is 3. The minimum Gasteiger partial charge on any atom is -0.247 e. The fraction of sp³-hybridized carbons (Fsp3) is 0. The van der Waals surface area contributed by atoms with Crippen LogP contribution in [0.1, 0.15) is 0 Å². The Morgan fingerprint density at radius 2 is 0.759 bits per heavy atom. The summed E-state index contributed by atoms with van der Waals surface area (Å²) < 4.78 is 0. The minimum atomic E-state index is 0.678. The molecule has 0 aliphatic rings. The molecular formula is C51H33N3. The highest BCUT2D eigenvalue weighted by Crippen LogP contribution is 2.43. The summed E-state index contributed by atoms with van der Waals surface area (Å²) >= 11 is 0. The molecule has 3 nitrogen and oxygen atoms in total. The maximum Gasteiger partial charge on any atom is 0.160 e. The van der Waals surface area contributed by atoms with E-state index in [0.29, 0.717) is 5.82 Å². The fourth-order valence-electron chi connectivity index (χ4n) is 7.67. The van der Waals surface area contributed by atoms with Crippen molar-refractivity contribution < 1.29 is 0 Å². The van der Waals surface area contributed by atoms with E-state index in [2.05, 4.69) is 188 Å². The zero-order valence-electron chi connectivity index (χ0n) is 29.4. The van der Waals surface area contributed by atoms with Gasteiger partial charge in [0.25, 0.3) is 0 Å². The molecule has 0 aliphatic heterocycles. The minimum absolute atomic E-state index is 0.678. The topological polar surface area (TPSA) is 38.7 Å². The van der Waals surface area contributed by atoms with Crippen LogP contribution in [0.25, 0.3) is 99.9 Å². The van der Waals surface area contributed by atoms with Gasteiger partial charge in [0, 0.05) is 38.4 Å². The van der Waals surface area contributed by atoms with Crippen molar-refractivity contribution in [2.24, 2.45) is 0 Å². The molecule has 54 heavy (non-hydrogen) atoms. The number of hydrogen-bond acceptors (Lipinski definition) is 3. The molecule has 8 aromatic carbocycles. The van der Waals surface area contributed by atoms with Crippen LogP contribution in [0, 0.1) is 0 Å². The molecular weight excluding hydrogens is 655 g/mol. The molecule has 0 unspecified atom stereocenters. The number of rotatable bonds is 6. The summed E-state index contributed by atoms with van der Waals surface area (Å²) in [5.74, 6) is 0.678. The molecule has 0 amide bonds. The highest BCUT2D eigenvalue weighted by molar-refractivity contribution is 6.25. The van der Waals surface area contributed by atoms with Gasteiger partial charge < -0.3 is 0 Å². The van der Waals surface area contributed by atoms with E-state index in [1.807, 2.05) is 12.1 Å². The van der Waals surface area contributed by atoms with Gasteiger partial charge in [-0.3, -0.25) is 0 Å². The van der Waals surface area contributed by atoms with Gasteiger partial charge in [0.2, 0.25) is 0 Å². The third kappa shape index (κ3) is 5.69. The third-order valence-corrected chi connectivity index (χ3v) is 10.2. The molecule has 0 aliphatic carbocycles. The van der Waals surface area contributed by atoms with Crippen molar-refractivity contribution in [1.82, 2.24) is 15.0 Å². The second-order valence-corrected chi connectivity index (χ2v) is 13.6. The third-order valence-electron chi connectivity index (χ3n) is 10.2. The molecule has 10 aromatic rings. The van der Waals surface area contributed by atoms with Crippen LogP contribution in [0.5, 0.6) is 0 Å². The SMILES string of the molecule is c1ccc(-c2cc(-c3nc(-c4ccccc4)cc(-c4ccccc4)n3)cc(-c3cc4c(-c5ccccc5)nc5ccccc5c4c4ccccc34)c2)cc1. The molecule has 2 heterocycles. The van der Waals surface area contributed by atoms with E-state index < -0.39 is 0 Å². The normalized spacial score (nSPS) is 11.3. The lowest BCUT2D eigenvalue weighted by Gasteiger charge is -2.17. The highest BCUT2D eigenvalue weighted by Gasteiger charge is 2.19. The van der Waals surface area contributed by atoms with Gasteiger partial charge in [0.1, 0.15) is 0 Å². The summed E-state index contributed by atoms with van der Waals surface area (Å²) in [7, 11) is 0. The summed E-state index contributed by atoms with van der Waals surface area (Å²) in [6.45, 7) is 0. The van der Waals surface area contributed by atoms with Crippen molar-refractivity contribution in [3.8, 4) is 67.4 Å². The van der Waals surface area contributed by atoms with Crippen LogP contribution >= 0.6 is 0 Å². The Bertz CT molecular complexity index is 2900. The molecule has 2 aromatic heterocycles. The van der Waals surface area contributed by atoms with Gasteiger partial charge in [-0.2, -0.15) is 0 Å². The largest absolute Gasteiger partial charge is 0.247 e. The summed E-state index contributed by atoms with van der Waals surface area (Å²) in [4.78, 5) is 15.8. The first-order chi connectivity index (χ1) is 26.8. The Labute approximate surface area is 313 Å². The first kappa shape index (κ1) is 31.5. The first-order valence-corrected chi connectivity index (χ1v) is 18.3. The van der Waals surface area contributed by atoms with Crippen LogP contribution in [0.2, 0.25) is 0 Å². The fourth-order valence-corrected chi connectivity index (χ4v) is 7.67. The Kier molecular flexibility index (Phi) is 7.81. The molecule has 0 saturated carbocycles. The lowest BCUT2D eigenvalue weighted by Crippen LogP contribution is -1.97. The van der Waals surface area contributed by atoms with E-state index in [9.17, 15) is 0 Å². The Morgan fingerprint density at radius 1 is 0.278 bits per heavy atom. The van der Waals surface area contributed by atoms with Crippen LogP contribution in [0.15, 0.2) is 200 Å². The second kappa shape index (κ2) is 13.4. The van der Waals surface area contributed by atoms with Crippen LogP contribution in [0.3, 0.4) is 0 Å².